The Labute approximate surface area is 142 Å². The molecule has 0 aliphatic heterocycles. The summed E-state index contributed by atoms with van der Waals surface area (Å²) in [5.41, 5.74) is 6.72. The Balaban J connectivity index is 2.67. The Hall–Kier alpha value is -3.23. The van der Waals surface area contributed by atoms with Crippen LogP contribution in [-0.2, 0) is 9.53 Å². The number of carbonyl (C=O) groups excluding carboxylic acids is 1. The van der Waals surface area contributed by atoms with Crippen molar-refractivity contribution in [2.75, 3.05) is 18.6 Å². The summed E-state index contributed by atoms with van der Waals surface area (Å²) < 4.78 is 4.56. The third kappa shape index (κ3) is 3.40. The lowest BCUT2D eigenvalue weighted by Crippen LogP contribution is -2.07. The number of nitrogens with zero attached hydrogens (tertiary/aromatic N) is 3. The van der Waals surface area contributed by atoms with Gasteiger partial charge >= 0.3 is 5.97 Å². The standard InChI is InChI=1S/C16H12N4O3S/c1-23-13(22)8-24-16-12(7-18)14(11(6-17)15(19)20-16)9-3-2-4-10(21)5-9/h2-5,21H,8H2,1H3,(H2,19,20). The maximum Gasteiger partial charge on any atom is 0.316 e. The van der Waals surface area contributed by atoms with Gasteiger partial charge in [-0.05, 0) is 17.7 Å². The molecule has 8 heteroatoms. The molecule has 120 valence electrons. The third-order valence-electron chi connectivity index (χ3n) is 3.10. The summed E-state index contributed by atoms with van der Waals surface area (Å²) in [7, 11) is 1.26. The van der Waals surface area contributed by atoms with Gasteiger partial charge in [0.1, 0.15) is 34.3 Å². The second kappa shape index (κ2) is 7.36. The summed E-state index contributed by atoms with van der Waals surface area (Å²) in [5, 5.41) is 28.8. The number of benzene rings is 1. The van der Waals surface area contributed by atoms with Crippen LogP contribution in [0.2, 0.25) is 0 Å². The van der Waals surface area contributed by atoms with Crippen LogP contribution in [0.15, 0.2) is 29.3 Å². The molecule has 1 aromatic carbocycles. The number of phenols is 1. The topological polar surface area (TPSA) is 133 Å². The molecule has 0 unspecified atom stereocenters. The number of anilines is 1. The number of thioether (sulfide) groups is 1. The first-order valence-electron chi connectivity index (χ1n) is 6.64. The number of esters is 1. The number of aromatic hydroxyl groups is 1. The molecule has 2 rings (SSSR count). The highest BCUT2D eigenvalue weighted by atomic mass is 32.2. The summed E-state index contributed by atoms with van der Waals surface area (Å²) in [6.07, 6.45) is 0. The zero-order valence-corrected chi connectivity index (χ0v) is 13.4. The van der Waals surface area contributed by atoms with Crippen LogP contribution in [0.4, 0.5) is 5.82 Å². The first-order chi connectivity index (χ1) is 11.5. The molecule has 0 spiro atoms. The van der Waals surface area contributed by atoms with Crippen molar-refractivity contribution in [3.8, 4) is 29.0 Å². The van der Waals surface area contributed by atoms with Crippen LogP contribution >= 0.6 is 11.8 Å². The van der Waals surface area contributed by atoms with E-state index in [2.05, 4.69) is 9.72 Å². The number of nitrogen functional groups attached to an aromatic ring is 1. The Morgan fingerprint density at radius 3 is 2.67 bits per heavy atom. The Morgan fingerprint density at radius 1 is 1.38 bits per heavy atom. The van der Waals surface area contributed by atoms with Gasteiger partial charge in [-0.15, -0.1) is 0 Å². The molecule has 0 atom stereocenters. The number of nitrogens with two attached hydrogens (primary N) is 1. The second-order valence-corrected chi connectivity index (χ2v) is 5.53. The van der Waals surface area contributed by atoms with Gasteiger partial charge in [0, 0.05) is 5.56 Å². The van der Waals surface area contributed by atoms with Crippen molar-refractivity contribution in [2.45, 2.75) is 5.03 Å². The average molecular weight is 340 g/mol. The molecule has 0 saturated heterocycles. The Morgan fingerprint density at radius 2 is 2.08 bits per heavy atom. The molecule has 1 aromatic heterocycles. The van der Waals surface area contributed by atoms with E-state index >= 15 is 0 Å². The fourth-order valence-corrected chi connectivity index (χ4v) is 2.87. The van der Waals surface area contributed by atoms with Crippen LogP contribution in [-0.4, -0.2) is 28.9 Å². The maximum absolute atomic E-state index is 11.3. The molecule has 7 nitrogen and oxygen atoms in total. The van der Waals surface area contributed by atoms with Gasteiger partial charge in [-0.25, -0.2) is 4.98 Å². The van der Waals surface area contributed by atoms with Gasteiger partial charge < -0.3 is 15.6 Å². The summed E-state index contributed by atoms with van der Waals surface area (Å²) >= 11 is 0.991. The van der Waals surface area contributed by atoms with Crippen LogP contribution in [0, 0.1) is 22.7 Å². The lowest BCUT2D eigenvalue weighted by atomic mass is 9.97. The number of aromatic nitrogens is 1. The molecule has 0 aliphatic rings. The van der Waals surface area contributed by atoms with Gasteiger partial charge in [0.2, 0.25) is 0 Å². The van der Waals surface area contributed by atoms with E-state index in [-0.39, 0.29) is 39.0 Å². The molecular weight excluding hydrogens is 328 g/mol. The molecule has 0 bridgehead atoms. The number of phenolic OH excluding ortho intramolecular Hbond substituents is 1. The van der Waals surface area contributed by atoms with Gasteiger partial charge in [-0.3, -0.25) is 4.79 Å². The normalized spacial score (nSPS) is 9.79. The summed E-state index contributed by atoms with van der Waals surface area (Å²) in [6, 6.07) is 10.1. The minimum atomic E-state index is -0.479. The number of hydrogen-bond donors (Lipinski definition) is 2. The van der Waals surface area contributed by atoms with Crippen LogP contribution in [0.3, 0.4) is 0 Å². The first-order valence-corrected chi connectivity index (χ1v) is 7.63. The number of rotatable bonds is 4. The smallest absolute Gasteiger partial charge is 0.316 e. The Bertz CT molecular complexity index is 884. The highest BCUT2D eigenvalue weighted by molar-refractivity contribution is 7.99. The molecule has 24 heavy (non-hydrogen) atoms. The summed E-state index contributed by atoms with van der Waals surface area (Å²) in [5.74, 6) is -0.600. The van der Waals surface area contributed by atoms with Crippen LogP contribution in [0.1, 0.15) is 11.1 Å². The van der Waals surface area contributed by atoms with Gasteiger partial charge in [0.05, 0.1) is 18.4 Å². The van der Waals surface area contributed by atoms with Crippen molar-refractivity contribution in [3.63, 3.8) is 0 Å². The molecule has 0 amide bonds. The molecule has 2 aromatic rings. The third-order valence-corrected chi connectivity index (χ3v) is 4.05. The summed E-state index contributed by atoms with van der Waals surface area (Å²) in [4.78, 5) is 15.4. The predicted octanol–water partition coefficient (Wildman–Crippen LogP) is 2.04. The first kappa shape index (κ1) is 17.1. The highest BCUT2D eigenvalue weighted by Crippen LogP contribution is 2.36. The van der Waals surface area contributed by atoms with Crippen molar-refractivity contribution in [1.82, 2.24) is 4.98 Å². The molecule has 1 heterocycles. The van der Waals surface area contributed by atoms with Gasteiger partial charge in [0.15, 0.2) is 0 Å². The van der Waals surface area contributed by atoms with Crippen LogP contribution in [0.5, 0.6) is 5.75 Å². The molecule has 0 saturated carbocycles. The minimum Gasteiger partial charge on any atom is -0.508 e. The summed E-state index contributed by atoms with van der Waals surface area (Å²) in [6.45, 7) is 0. The van der Waals surface area contributed by atoms with Crippen molar-refractivity contribution in [2.24, 2.45) is 0 Å². The number of ether oxygens (including phenoxy) is 1. The quantitative estimate of drug-likeness (QED) is 0.638. The predicted molar refractivity (Wildman–Crippen MR) is 87.9 cm³/mol. The van der Waals surface area contributed by atoms with Crippen molar-refractivity contribution >= 4 is 23.5 Å². The van der Waals surface area contributed by atoms with Crippen LogP contribution < -0.4 is 5.73 Å². The number of methoxy groups -OCH3 is 1. The molecule has 3 N–H and O–H groups in total. The second-order valence-electron chi connectivity index (χ2n) is 4.57. The SMILES string of the molecule is COC(=O)CSc1nc(N)c(C#N)c(-c2cccc(O)c2)c1C#N. The van der Waals surface area contributed by atoms with Crippen LogP contribution in [0.25, 0.3) is 11.1 Å². The zero-order chi connectivity index (χ0) is 17.7. The van der Waals surface area contributed by atoms with E-state index in [1.165, 1.54) is 19.2 Å². The highest BCUT2D eigenvalue weighted by Gasteiger charge is 2.21. The van der Waals surface area contributed by atoms with E-state index in [9.17, 15) is 20.4 Å². The molecule has 0 radical (unpaired) electrons. The van der Waals surface area contributed by atoms with E-state index in [1.807, 2.05) is 12.1 Å². The van der Waals surface area contributed by atoms with Crippen molar-refractivity contribution < 1.29 is 14.6 Å². The van der Waals surface area contributed by atoms with E-state index in [1.54, 1.807) is 12.1 Å². The number of nitriles is 2. The number of pyridine rings is 1. The lowest BCUT2D eigenvalue weighted by molar-refractivity contribution is -0.137. The average Bonchev–Trinajstić information content (AvgIpc) is 2.58. The zero-order valence-electron chi connectivity index (χ0n) is 12.6. The number of hydrogen-bond acceptors (Lipinski definition) is 8. The van der Waals surface area contributed by atoms with E-state index in [4.69, 9.17) is 5.73 Å². The van der Waals surface area contributed by atoms with Gasteiger partial charge in [0.25, 0.3) is 0 Å². The maximum atomic E-state index is 11.3. The largest absolute Gasteiger partial charge is 0.508 e. The molecule has 0 fully saturated rings. The minimum absolute atomic E-state index is 0.0144. The molecule has 0 aliphatic carbocycles. The van der Waals surface area contributed by atoms with E-state index in [0.29, 0.717) is 5.56 Å². The Kier molecular flexibility index (Phi) is 5.25. The fraction of sp³-hybridized carbons (Fsp3) is 0.125. The van der Waals surface area contributed by atoms with E-state index in [0.717, 1.165) is 11.8 Å². The fourth-order valence-electron chi connectivity index (χ4n) is 2.04. The van der Waals surface area contributed by atoms with E-state index < -0.39 is 5.97 Å². The molecular formula is C16H12N4O3S. The van der Waals surface area contributed by atoms with Crippen molar-refractivity contribution in [3.05, 3.63) is 35.4 Å². The lowest BCUT2D eigenvalue weighted by Gasteiger charge is -2.12. The van der Waals surface area contributed by atoms with Gasteiger partial charge in [-0.1, -0.05) is 23.9 Å². The van der Waals surface area contributed by atoms with Crippen molar-refractivity contribution in [1.29, 1.82) is 10.5 Å². The number of carbonyl (C=O) groups is 1. The van der Waals surface area contributed by atoms with Gasteiger partial charge in [-0.2, -0.15) is 10.5 Å². The monoisotopic (exact) mass is 340 g/mol.